The largest absolute Gasteiger partial charge is 0.490 e. The summed E-state index contributed by atoms with van der Waals surface area (Å²) in [6, 6.07) is 18.2. The van der Waals surface area contributed by atoms with Gasteiger partial charge in [0.05, 0.1) is 0 Å². The number of alkyl halides is 3. The zero-order valence-electron chi connectivity index (χ0n) is 10.3. The summed E-state index contributed by atoms with van der Waals surface area (Å²) in [5, 5.41) is 7.12. The van der Waals surface area contributed by atoms with E-state index >= 15 is 0 Å². The minimum Gasteiger partial charge on any atom is -0.475 e. The second-order valence-corrected chi connectivity index (χ2v) is 3.79. The molecule has 0 aliphatic carbocycles. The number of carboxylic acid groups (broad SMARTS) is 1. The van der Waals surface area contributed by atoms with Gasteiger partial charge in [0.15, 0.2) is 0 Å². The van der Waals surface area contributed by atoms with Gasteiger partial charge in [0.25, 0.3) is 0 Å². The average molecular weight is 283 g/mol. The van der Waals surface area contributed by atoms with Gasteiger partial charge in [0, 0.05) is 5.69 Å². The van der Waals surface area contributed by atoms with Crippen LogP contribution in [0.15, 0.2) is 54.6 Å². The summed E-state index contributed by atoms with van der Waals surface area (Å²) >= 11 is 0. The van der Waals surface area contributed by atoms with E-state index in [-0.39, 0.29) is 0 Å². The van der Waals surface area contributed by atoms with Crippen LogP contribution in [0.3, 0.4) is 0 Å². The maximum Gasteiger partial charge on any atom is 0.490 e. The molecule has 0 atom stereocenters. The Labute approximate surface area is 113 Å². The van der Waals surface area contributed by atoms with Crippen molar-refractivity contribution in [1.82, 2.24) is 0 Å². The first-order valence-corrected chi connectivity index (χ1v) is 5.52. The summed E-state index contributed by atoms with van der Waals surface area (Å²) in [6.07, 6.45) is -5.08. The molecular formula is C14H12F3NO2. The third-order valence-electron chi connectivity index (χ3n) is 2.26. The molecule has 0 bridgehead atoms. The molecule has 3 N–H and O–H groups in total. The maximum atomic E-state index is 10.6. The van der Waals surface area contributed by atoms with Crippen molar-refractivity contribution in [2.75, 3.05) is 5.73 Å². The molecule has 0 spiro atoms. The Bertz CT molecular complexity index is 551. The van der Waals surface area contributed by atoms with Crippen LogP contribution >= 0.6 is 0 Å². The van der Waals surface area contributed by atoms with Crippen LogP contribution in [-0.4, -0.2) is 17.3 Å². The smallest absolute Gasteiger partial charge is 0.475 e. The van der Waals surface area contributed by atoms with E-state index in [1.165, 1.54) is 11.1 Å². The molecule has 0 aliphatic rings. The number of benzene rings is 2. The van der Waals surface area contributed by atoms with Crippen molar-refractivity contribution in [3.8, 4) is 11.1 Å². The number of carbonyl (C=O) groups is 1. The lowest BCUT2D eigenvalue weighted by Gasteiger charge is -2.00. The van der Waals surface area contributed by atoms with E-state index in [0.29, 0.717) is 0 Å². The minimum absolute atomic E-state index is 0.805. The predicted molar refractivity (Wildman–Crippen MR) is 70.0 cm³/mol. The van der Waals surface area contributed by atoms with Gasteiger partial charge in [-0.15, -0.1) is 0 Å². The maximum absolute atomic E-state index is 10.6. The number of halogens is 3. The third-order valence-corrected chi connectivity index (χ3v) is 2.26. The number of rotatable bonds is 1. The van der Waals surface area contributed by atoms with E-state index < -0.39 is 12.1 Å². The van der Waals surface area contributed by atoms with Crippen molar-refractivity contribution in [1.29, 1.82) is 0 Å². The average Bonchev–Trinajstić information content (AvgIpc) is 2.40. The Morgan fingerprint density at radius 1 is 0.900 bits per heavy atom. The van der Waals surface area contributed by atoms with Crippen molar-refractivity contribution < 1.29 is 23.1 Å². The molecule has 3 nitrogen and oxygen atoms in total. The molecule has 0 unspecified atom stereocenters. The fourth-order valence-electron chi connectivity index (χ4n) is 1.31. The molecule has 0 saturated heterocycles. The highest BCUT2D eigenvalue weighted by molar-refractivity contribution is 5.73. The van der Waals surface area contributed by atoms with Crippen molar-refractivity contribution >= 4 is 11.7 Å². The molecule has 20 heavy (non-hydrogen) atoms. The lowest BCUT2D eigenvalue weighted by atomic mass is 10.1. The van der Waals surface area contributed by atoms with Crippen LogP contribution in [0.5, 0.6) is 0 Å². The summed E-state index contributed by atoms with van der Waals surface area (Å²) in [7, 11) is 0. The highest BCUT2D eigenvalue weighted by Gasteiger charge is 2.38. The molecule has 2 aromatic carbocycles. The Morgan fingerprint density at radius 3 is 1.70 bits per heavy atom. The highest BCUT2D eigenvalue weighted by atomic mass is 19.4. The van der Waals surface area contributed by atoms with E-state index in [4.69, 9.17) is 15.6 Å². The first-order valence-electron chi connectivity index (χ1n) is 5.52. The Hall–Kier alpha value is -2.50. The van der Waals surface area contributed by atoms with E-state index in [1.54, 1.807) is 0 Å². The second kappa shape index (κ2) is 6.60. The number of hydrogen-bond acceptors (Lipinski definition) is 2. The zero-order chi connectivity index (χ0) is 15.2. The molecule has 6 heteroatoms. The van der Waals surface area contributed by atoms with Gasteiger partial charge in [-0.25, -0.2) is 4.79 Å². The Morgan fingerprint density at radius 2 is 1.30 bits per heavy atom. The van der Waals surface area contributed by atoms with Gasteiger partial charge < -0.3 is 10.8 Å². The van der Waals surface area contributed by atoms with Crippen LogP contribution < -0.4 is 5.73 Å². The quantitative estimate of drug-likeness (QED) is 0.786. The number of carboxylic acids is 1. The van der Waals surface area contributed by atoms with Gasteiger partial charge in [-0.05, 0) is 23.3 Å². The van der Waals surface area contributed by atoms with Crippen molar-refractivity contribution in [2.24, 2.45) is 0 Å². The molecule has 0 heterocycles. The Kier molecular flexibility index (Phi) is 5.14. The Balaban J connectivity index is 0.000000246. The topological polar surface area (TPSA) is 63.3 Å². The van der Waals surface area contributed by atoms with Crippen LogP contribution in [0, 0.1) is 0 Å². The van der Waals surface area contributed by atoms with Crippen molar-refractivity contribution in [3.63, 3.8) is 0 Å². The molecule has 0 fully saturated rings. The van der Waals surface area contributed by atoms with Crippen LogP contribution in [0.2, 0.25) is 0 Å². The first-order chi connectivity index (χ1) is 9.30. The number of anilines is 1. The van der Waals surface area contributed by atoms with Crippen LogP contribution in [0.4, 0.5) is 18.9 Å². The lowest BCUT2D eigenvalue weighted by Crippen LogP contribution is -2.21. The van der Waals surface area contributed by atoms with Crippen LogP contribution in [0.25, 0.3) is 11.1 Å². The molecule has 0 radical (unpaired) electrons. The summed E-state index contributed by atoms with van der Waals surface area (Å²) in [5.41, 5.74) is 8.84. The SMILES string of the molecule is Nc1ccc(-c2ccccc2)cc1.O=C(O)C(F)(F)F. The van der Waals surface area contributed by atoms with Gasteiger partial charge in [0.2, 0.25) is 0 Å². The monoisotopic (exact) mass is 283 g/mol. The van der Waals surface area contributed by atoms with E-state index in [9.17, 15) is 13.2 Å². The third kappa shape index (κ3) is 5.01. The standard InChI is InChI=1S/C12H11N.C2HF3O2/c13-12-8-6-11(7-9-12)10-4-2-1-3-5-10;3-2(4,5)1(6)7/h1-9H,13H2;(H,6,7). The summed E-state index contributed by atoms with van der Waals surface area (Å²) in [6.45, 7) is 0. The molecule has 0 saturated carbocycles. The molecule has 106 valence electrons. The van der Waals surface area contributed by atoms with Crippen LogP contribution in [0.1, 0.15) is 0 Å². The first kappa shape index (κ1) is 15.6. The van der Waals surface area contributed by atoms with Crippen molar-refractivity contribution in [3.05, 3.63) is 54.6 Å². The predicted octanol–water partition coefficient (Wildman–Crippen LogP) is 3.57. The second-order valence-electron chi connectivity index (χ2n) is 3.79. The minimum atomic E-state index is -5.08. The lowest BCUT2D eigenvalue weighted by molar-refractivity contribution is -0.192. The normalized spacial score (nSPS) is 10.3. The number of nitrogens with two attached hydrogens (primary N) is 1. The number of hydrogen-bond donors (Lipinski definition) is 2. The van der Waals surface area contributed by atoms with Crippen molar-refractivity contribution in [2.45, 2.75) is 6.18 Å². The van der Waals surface area contributed by atoms with E-state index in [1.807, 2.05) is 42.5 Å². The number of aliphatic carboxylic acids is 1. The molecule has 2 aromatic rings. The van der Waals surface area contributed by atoms with Gasteiger partial charge in [-0.3, -0.25) is 0 Å². The van der Waals surface area contributed by atoms with E-state index in [0.717, 1.165) is 5.69 Å². The van der Waals surface area contributed by atoms with Gasteiger partial charge in [-0.2, -0.15) is 13.2 Å². The summed E-state index contributed by atoms with van der Waals surface area (Å²) in [5.74, 6) is -2.76. The zero-order valence-corrected chi connectivity index (χ0v) is 10.3. The van der Waals surface area contributed by atoms with Gasteiger partial charge in [-0.1, -0.05) is 42.5 Å². The fourth-order valence-corrected chi connectivity index (χ4v) is 1.31. The molecular weight excluding hydrogens is 271 g/mol. The molecule has 2 rings (SSSR count). The summed E-state index contributed by atoms with van der Waals surface area (Å²) < 4.78 is 31.7. The van der Waals surface area contributed by atoms with Gasteiger partial charge in [0.1, 0.15) is 0 Å². The molecule has 0 aliphatic heterocycles. The van der Waals surface area contributed by atoms with E-state index in [2.05, 4.69) is 12.1 Å². The number of nitrogen functional groups attached to an aromatic ring is 1. The highest BCUT2D eigenvalue weighted by Crippen LogP contribution is 2.19. The summed E-state index contributed by atoms with van der Waals surface area (Å²) in [4.78, 5) is 8.90. The molecule has 0 aromatic heterocycles. The fraction of sp³-hybridized carbons (Fsp3) is 0.0714. The van der Waals surface area contributed by atoms with Gasteiger partial charge >= 0.3 is 12.1 Å². The molecule has 0 amide bonds. The van der Waals surface area contributed by atoms with Crippen LogP contribution in [-0.2, 0) is 4.79 Å².